The van der Waals surface area contributed by atoms with Crippen molar-refractivity contribution in [3.63, 3.8) is 0 Å². The number of aliphatic hydroxyl groups excluding tert-OH is 3. The second-order valence-corrected chi connectivity index (χ2v) is 12.8. The van der Waals surface area contributed by atoms with Gasteiger partial charge in [0.25, 0.3) is 0 Å². The number of ether oxygens (including phenoxy) is 3. The third kappa shape index (κ3) is 9.10. The van der Waals surface area contributed by atoms with Crippen LogP contribution in [-0.4, -0.2) is 101 Å². The lowest BCUT2D eigenvalue weighted by Crippen LogP contribution is -2.39. The monoisotopic (exact) mass is 652 g/mol. The van der Waals surface area contributed by atoms with E-state index in [2.05, 4.69) is 29.4 Å². The molecule has 1 aromatic heterocycles. The van der Waals surface area contributed by atoms with Gasteiger partial charge in [0.05, 0.1) is 31.5 Å². The summed E-state index contributed by atoms with van der Waals surface area (Å²) in [5.41, 5.74) is 4.97. The zero-order valence-electron chi connectivity index (χ0n) is 20.6. The van der Waals surface area contributed by atoms with E-state index in [0.717, 1.165) is 4.57 Å². The highest BCUT2D eigenvalue weighted by atomic mass is 31.3. The van der Waals surface area contributed by atoms with Crippen LogP contribution in [0.15, 0.2) is 11.0 Å². The Hall–Kier alpha value is -1.79. The number of phosphoric ester groups is 1. The summed E-state index contributed by atoms with van der Waals surface area (Å²) >= 11 is 0. The second-order valence-electron chi connectivity index (χ2n) is 8.42. The minimum atomic E-state index is -5.81. The average molecular weight is 652 g/mol. The maximum Gasteiger partial charge on any atom is 0.490 e. The highest BCUT2D eigenvalue weighted by Crippen LogP contribution is 2.66. The smallest absolute Gasteiger partial charge is 0.394 e. The van der Waals surface area contributed by atoms with Gasteiger partial charge in [-0.1, -0.05) is 5.92 Å². The molecule has 2 aliphatic rings. The van der Waals surface area contributed by atoms with Crippen LogP contribution in [0, 0.1) is 12.3 Å². The van der Waals surface area contributed by atoms with Gasteiger partial charge in [0.15, 0.2) is 12.1 Å². The maximum atomic E-state index is 12.6. The lowest BCUT2D eigenvalue weighted by Gasteiger charge is -2.24. The third-order valence-corrected chi connectivity index (χ3v) is 9.28. The van der Waals surface area contributed by atoms with E-state index >= 15 is 0 Å². The third-order valence-electron chi connectivity index (χ3n) is 5.48. The van der Waals surface area contributed by atoms with Crippen LogP contribution in [0.1, 0.15) is 12.6 Å². The second kappa shape index (κ2) is 13.2. The lowest BCUT2D eigenvalue weighted by atomic mass is 10.1. The molecule has 2 unspecified atom stereocenters. The van der Waals surface area contributed by atoms with E-state index in [-0.39, 0.29) is 24.5 Å². The number of nitrogens with one attached hydrogen (secondary N) is 1. The number of nitrogens with two attached hydrogens (primary N) is 1. The number of aromatic nitrogens is 2. The molecule has 0 spiro atoms. The van der Waals surface area contributed by atoms with Crippen LogP contribution >= 0.6 is 23.5 Å². The Morgan fingerprint density at radius 1 is 1.12 bits per heavy atom. The van der Waals surface area contributed by atoms with Gasteiger partial charge in [-0.2, -0.15) is 13.6 Å². The van der Waals surface area contributed by atoms with Crippen LogP contribution in [0.2, 0.25) is 0 Å². The van der Waals surface area contributed by atoms with E-state index in [4.69, 9.17) is 36.2 Å². The molecule has 1 aromatic rings. The minimum absolute atomic E-state index is 0.00922. The van der Waals surface area contributed by atoms with Crippen molar-refractivity contribution in [2.45, 2.75) is 49.5 Å². The summed E-state index contributed by atoms with van der Waals surface area (Å²) in [5, 5.41) is 32.3. The van der Waals surface area contributed by atoms with Gasteiger partial charge in [-0.25, -0.2) is 18.5 Å². The van der Waals surface area contributed by atoms with Crippen molar-refractivity contribution in [3.8, 4) is 12.3 Å². The maximum absolute atomic E-state index is 12.6. The summed E-state index contributed by atoms with van der Waals surface area (Å²) < 4.78 is 64.2. The molecular formula is C17H27N4O17P3. The summed E-state index contributed by atoms with van der Waals surface area (Å²) in [5.74, 6) is 2.11. The Bertz CT molecular complexity index is 1330. The van der Waals surface area contributed by atoms with Gasteiger partial charge >= 0.3 is 29.2 Å². The zero-order valence-corrected chi connectivity index (χ0v) is 23.2. The van der Waals surface area contributed by atoms with E-state index in [0.29, 0.717) is 0 Å². The first kappa shape index (κ1) is 33.7. The average Bonchev–Trinajstić information content (AvgIpc) is 3.35. The molecule has 0 radical (unpaired) electrons. The molecule has 2 saturated heterocycles. The Morgan fingerprint density at radius 2 is 1.80 bits per heavy atom. The fourth-order valence-electron chi connectivity index (χ4n) is 3.76. The molecule has 2 fully saturated rings. The lowest BCUT2D eigenvalue weighted by molar-refractivity contribution is -0.204. The number of nitrogen functional groups attached to an aromatic ring is 1. The van der Waals surface area contributed by atoms with E-state index in [1.807, 2.05) is 0 Å². The van der Waals surface area contributed by atoms with Crippen molar-refractivity contribution in [1.82, 2.24) is 9.55 Å². The van der Waals surface area contributed by atoms with Gasteiger partial charge in [-0.15, -0.1) is 6.42 Å². The molecule has 21 nitrogen and oxygen atoms in total. The molecule has 2 aliphatic heterocycles. The Balaban J connectivity index is 1.82. The predicted octanol–water partition coefficient (Wildman–Crippen LogP) is -2.67. The van der Waals surface area contributed by atoms with E-state index in [1.54, 1.807) is 0 Å². The molecule has 3 rings (SSSR count). The Morgan fingerprint density at radius 3 is 2.39 bits per heavy atom. The molecule has 0 aromatic carbocycles. The quantitative estimate of drug-likeness (QED) is 0.0774. The molecule has 3 heterocycles. The van der Waals surface area contributed by atoms with Crippen LogP contribution in [0.3, 0.4) is 0 Å². The van der Waals surface area contributed by atoms with E-state index in [9.17, 15) is 43.6 Å². The number of hydrogen-bond acceptors (Lipinski definition) is 16. The van der Waals surface area contributed by atoms with Gasteiger partial charge < -0.3 is 60.2 Å². The van der Waals surface area contributed by atoms with Gasteiger partial charge in [0.2, 0.25) is 0 Å². The van der Waals surface area contributed by atoms with Crippen molar-refractivity contribution in [2.75, 3.05) is 30.8 Å². The van der Waals surface area contributed by atoms with Crippen LogP contribution < -0.4 is 16.7 Å². The molecule has 232 valence electrons. The first-order valence-electron chi connectivity index (χ1n) is 11.2. The van der Waals surface area contributed by atoms with Gasteiger partial charge in [0.1, 0.15) is 30.6 Å². The predicted molar refractivity (Wildman–Crippen MR) is 131 cm³/mol. The van der Waals surface area contributed by atoms with Crippen molar-refractivity contribution >= 4 is 35.0 Å². The fraction of sp³-hybridized carbons (Fsp3) is 0.647. The van der Waals surface area contributed by atoms with Crippen molar-refractivity contribution in [1.29, 1.82) is 0 Å². The molecule has 24 heteroatoms. The van der Waals surface area contributed by atoms with Crippen LogP contribution in [0.4, 0.5) is 11.5 Å². The normalized spacial score (nSPS) is 31.3. The number of hydrogen-bond donors (Lipinski definition) is 9. The number of phosphoric acid groups is 3. The summed E-state index contributed by atoms with van der Waals surface area (Å²) in [7, 11) is -17.0. The number of anilines is 2. The Kier molecular flexibility index (Phi) is 10.9. The van der Waals surface area contributed by atoms with Crippen LogP contribution in [0.5, 0.6) is 0 Å². The molecule has 0 amide bonds. The first-order valence-corrected chi connectivity index (χ1v) is 15.7. The highest BCUT2D eigenvalue weighted by molar-refractivity contribution is 7.66. The van der Waals surface area contributed by atoms with Crippen LogP contribution in [0.25, 0.3) is 0 Å². The van der Waals surface area contributed by atoms with Gasteiger partial charge in [-0.05, 0) is 0 Å². The van der Waals surface area contributed by atoms with Gasteiger partial charge in [0, 0.05) is 12.6 Å². The summed E-state index contributed by atoms with van der Waals surface area (Å²) in [4.78, 5) is 52.7. The summed E-state index contributed by atoms with van der Waals surface area (Å²) in [6.07, 6.45) is -3.76. The van der Waals surface area contributed by atoms with Gasteiger partial charge in [-0.3, -0.25) is 9.09 Å². The van der Waals surface area contributed by atoms with E-state index in [1.165, 1.54) is 6.20 Å². The highest BCUT2D eigenvalue weighted by Gasteiger charge is 2.48. The topological polar surface area (TPSA) is 321 Å². The Labute approximate surface area is 230 Å². The van der Waals surface area contributed by atoms with Crippen molar-refractivity contribution in [3.05, 3.63) is 16.7 Å². The molecule has 10 N–H and O–H groups in total. The molecule has 0 aliphatic carbocycles. The number of aliphatic hydroxyl groups is 3. The number of nitrogens with zero attached hydrogens (tertiary/aromatic N) is 2. The first-order chi connectivity index (χ1) is 18.9. The molecule has 41 heavy (non-hydrogen) atoms. The molecule has 9 atom stereocenters. The number of rotatable bonds is 13. The fourth-order valence-corrected chi connectivity index (χ4v) is 6.79. The minimum Gasteiger partial charge on any atom is -0.394 e. The molecule has 0 saturated carbocycles. The largest absolute Gasteiger partial charge is 0.490 e. The van der Waals surface area contributed by atoms with E-state index < -0.39 is 85.4 Å². The SMILES string of the molecule is C#CCNc1cn([C@H]2C[C@H](O[C@@H]3O[C@@H](CO)[C@H](O)[C@H]3O)[C@@H](COP(=O)(O)OP(=O)(O)OP(=O)(O)O)O2)c(=O)nc1N. The summed E-state index contributed by atoms with van der Waals surface area (Å²) in [6, 6.07) is 0. The number of terminal acetylenes is 1. The standard InChI is InChI=1S/C17H27N4O17P3/c1-2-3-19-8-5-21(17(25)20-15(8)18)12-4-9(35-16-14(24)13(23)10(6-22)36-16)11(34-12)7-33-40(29,30)38-41(31,32)37-39(26,27)28/h1,5,9-14,16,19,22-24H,3-4,6-7H2,(H,29,30)(H,31,32)(H2,18,20,25)(H2,26,27,28)/t9-,10-,11+,12+,13-,14+,16+/m0/s1. The summed E-state index contributed by atoms with van der Waals surface area (Å²) in [6.45, 7) is -1.66. The van der Waals surface area contributed by atoms with Crippen LogP contribution in [-0.2, 0) is 41.1 Å². The zero-order chi connectivity index (χ0) is 30.8. The van der Waals surface area contributed by atoms with Crippen molar-refractivity contribution < 1.29 is 75.9 Å². The van der Waals surface area contributed by atoms with Crippen molar-refractivity contribution in [2.24, 2.45) is 0 Å². The molecule has 0 bridgehead atoms. The molecular weight excluding hydrogens is 625 g/mol.